The highest BCUT2D eigenvalue weighted by Gasteiger charge is 2.16. The summed E-state index contributed by atoms with van der Waals surface area (Å²) in [4.78, 5) is 5.11. The highest BCUT2D eigenvalue weighted by molar-refractivity contribution is 5.43. The van der Waals surface area contributed by atoms with E-state index < -0.39 is 0 Å². The third-order valence-electron chi connectivity index (χ3n) is 6.61. The summed E-state index contributed by atoms with van der Waals surface area (Å²) in [7, 11) is 0. The van der Waals surface area contributed by atoms with Gasteiger partial charge in [-0.3, -0.25) is 0 Å². The Kier molecular flexibility index (Phi) is 5.94. The van der Waals surface area contributed by atoms with Crippen LogP contribution in [0, 0.1) is 33.6 Å². The first-order valence-electron chi connectivity index (χ1n) is 11.3. The summed E-state index contributed by atoms with van der Waals surface area (Å²) in [6.45, 7) is 8.67. The molecule has 1 aliphatic rings. The summed E-state index contributed by atoms with van der Waals surface area (Å²) in [6.07, 6.45) is 10.9. The Balaban J connectivity index is 1.76. The predicted molar refractivity (Wildman–Crippen MR) is 121 cm³/mol. The second-order valence-electron chi connectivity index (χ2n) is 9.01. The van der Waals surface area contributed by atoms with Crippen molar-refractivity contribution in [1.82, 2.24) is 14.1 Å². The maximum Gasteiger partial charge on any atom is 0.139 e. The third kappa shape index (κ3) is 4.34. The molecular weight excluding hydrogens is 354 g/mol. The number of hydrogen-bond donors (Lipinski definition) is 0. The van der Waals surface area contributed by atoms with Crippen LogP contribution in [0.5, 0.6) is 0 Å². The molecule has 4 rings (SSSR count). The zero-order valence-electron chi connectivity index (χ0n) is 18.5. The minimum atomic E-state index is 0.803. The van der Waals surface area contributed by atoms with Gasteiger partial charge < -0.3 is 9.13 Å². The minimum Gasteiger partial charge on any atom is -0.303 e. The lowest BCUT2D eigenvalue weighted by atomic mass is 9.87. The van der Waals surface area contributed by atoms with Gasteiger partial charge in [0.25, 0.3) is 0 Å². The Morgan fingerprint density at radius 2 is 1.10 bits per heavy atom. The molecule has 0 bridgehead atoms. The molecule has 29 heavy (non-hydrogen) atoms. The van der Waals surface area contributed by atoms with Crippen molar-refractivity contribution in [3.8, 4) is 11.6 Å². The van der Waals surface area contributed by atoms with E-state index in [0.29, 0.717) is 0 Å². The van der Waals surface area contributed by atoms with Crippen LogP contribution in [-0.2, 0) is 6.42 Å². The molecule has 0 amide bonds. The van der Waals surface area contributed by atoms with Gasteiger partial charge in [-0.2, -0.15) is 0 Å². The number of rotatable bonds is 4. The predicted octanol–water partition coefficient (Wildman–Crippen LogP) is 6.80. The molecule has 0 saturated heterocycles. The number of pyridine rings is 1. The van der Waals surface area contributed by atoms with E-state index in [2.05, 4.69) is 73.2 Å². The molecule has 1 fully saturated rings. The van der Waals surface area contributed by atoms with Crippen molar-refractivity contribution in [2.75, 3.05) is 0 Å². The van der Waals surface area contributed by atoms with Crippen LogP contribution < -0.4 is 0 Å². The van der Waals surface area contributed by atoms with E-state index in [-0.39, 0.29) is 0 Å². The molecule has 0 unspecified atom stereocenters. The van der Waals surface area contributed by atoms with E-state index in [1.165, 1.54) is 79.7 Å². The molecule has 1 saturated carbocycles. The molecule has 0 N–H and O–H groups in total. The van der Waals surface area contributed by atoms with Gasteiger partial charge in [0, 0.05) is 22.8 Å². The second kappa shape index (κ2) is 8.61. The van der Waals surface area contributed by atoms with Crippen molar-refractivity contribution in [2.24, 2.45) is 5.92 Å². The molecule has 3 heterocycles. The van der Waals surface area contributed by atoms with Gasteiger partial charge in [0.2, 0.25) is 0 Å². The van der Waals surface area contributed by atoms with Gasteiger partial charge in [-0.15, -0.1) is 0 Å². The van der Waals surface area contributed by atoms with Gasteiger partial charge in [0.15, 0.2) is 0 Å². The fourth-order valence-electron chi connectivity index (χ4n) is 5.04. The van der Waals surface area contributed by atoms with Crippen LogP contribution in [0.1, 0.15) is 73.3 Å². The third-order valence-corrected chi connectivity index (χ3v) is 6.61. The monoisotopic (exact) mass is 389 g/mol. The number of aryl methyl sites for hydroxylation is 4. The van der Waals surface area contributed by atoms with E-state index in [9.17, 15) is 0 Å². The Bertz CT molecular complexity index is 865. The van der Waals surface area contributed by atoms with Crippen LogP contribution in [0.4, 0.5) is 0 Å². The molecule has 0 aromatic carbocycles. The first-order chi connectivity index (χ1) is 14.0. The second-order valence-corrected chi connectivity index (χ2v) is 9.01. The average Bonchev–Trinajstić information content (AvgIpc) is 3.18. The Hall–Kier alpha value is -2.29. The van der Waals surface area contributed by atoms with E-state index in [0.717, 1.165) is 17.6 Å². The molecule has 154 valence electrons. The van der Waals surface area contributed by atoms with E-state index in [1.54, 1.807) is 0 Å². The maximum absolute atomic E-state index is 5.11. The molecule has 0 radical (unpaired) electrons. The zero-order chi connectivity index (χ0) is 20.4. The van der Waals surface area contributed by atoms with Gasteiger partial charge in [0.05, 0.1) is 0 Å². The molecule has 0 aliphatic heterocycles. The Labute approximate surface area is 175 Å². The van der Waals surface area contributed by atoms with Gasteiger partial charge in [0.1, 0.15) is 11.6 Å². The lowest BCUT2D eigenvalue weighted by Gasteiger charge is -2.21. The lowest BCUT2D eigenvalue weighted by molar-refractivity contribution is 0.376. The van der Waals surface area contributed by atoms with E-state index >= 15 is 0 Å². The van der Waals surface area contributed by atoms with Crippen LogP contribution in [-0.4, -0.2) is 14.1 Å². The largest absolute Gasteiger partial charge is 0.303 e. The fraction of sp³-hybridized carbons (Fsp3) is 0.500. The quantitative estimate of drug-likeness (QED) is 0.481. The van der Waals surface area contributed by atoms with Crippen LogP contribution >= 0.6 is 0 Å². The molecule has 1 aliphatic carbocycles. The van der Waals surface area contributed by atoms with Gasteiger partial charge >= 0.3 is 0 Å². The summed E-state index contributed by atoms with van der Waals surface area (Å²) >= 11 is 0. The van der Waals surface area contributed by atoms with E-state index in [4.69, 9.17) is 4.98 Å². The van der Waals surface area contributed by atoms with Crippen LogP contribution in [0.2, 0.25) is 0 Å². The smallest absolute Gasteiger partial charge is 0.139 e. The molecule has 3 heteroatoms. The minimum absolute atomic E-state index is 0.803. The molecule has 0 spiro atoms. The van der Waals surface area contributed by atoms with Crippen molar-refractivity contribution in [2.45, 2.75) is 79.1 Å². The van der Waals surface area contributed by atoms with E-state index in [1.807, 2.05) is 0 Å². The van der Waals surface area contributed by atoms with Crippen LogP contribution in [0.15, 0.2) is 36.4 Å². The fourth-order valence-corrected chi connectivity index (χ4v) is 5.04. The van der Waals surface area contributed by atoms with Crippen molar-refractivity contribution in [3.63, 3.8) is 0 Å². The molecule has 0 atom stereocenters. The maximum atomic E-state index is 5.11. The molecular formula is C26H35N3. The summed E-state index contributed by atoms with van der Waals surface area (Å²) in [5.74, 6) is 2.91. The van der Waals surface area contributed by atoms with Gasteiger partial charge in [-0.1, -0.05) is 44.9 Å². The van der Waals surface area contributed by atoms with Crippen LogP contribution in [0.25, 0.3) is 11.6 Å². The van der Waals surface area contributed by atoms with Crippen LogP contribution in [0.3, 0.4) is 0 Å². The van der Waals surface area contributed by atoms with Gasteiger partial charge in [-0.25, -0.2) is 4.98 Å². The molecule has 3 aromatic rings. The number of hydrogen-bond acceptors (Lipinski definition) is 1. The molecule has 3 nitrogen and oxygen atoms in total. The first-order valence-corrected chi connectivity index (χ1v) is 11.3. The number of nitrogens with zero attached hydrogens (tertiary/aromatic N) is 3. The Morgan fingerprint density at radius 1 is 0.690 bits per heavy atom. The molecule has 3 aromatic heterocycles. The lowest BCUT2D eigenvalue weighted by Crippen LogP contribution is -2.11. The Morgan fingerprint density at radius 3 is 1.55 bits per heavy atom. The van der Waals surface area contributed by atoms with Crippen molar-refractivity contribution in [1.29, 1.82) is 0 Å². The topological polar surface area (TPSA) is 22.8 Å². The highest BCUT2D eigenvalue weighted by atomic mass is 15.1. The zero-order valence-corrected chi connectivity index (χ0v) is 18.5. The normalized spacial score (nSPS) is 16.0. The summed E-state index contributed by atoms with van der Waals surface area (Å²) in [6, 6.07) is 13.4. The summed E-state index contributed by atoms with van der Waals surface area (Å²) in [5, 5.41) is 0. The number of aromatic nitrogens is 3. The highest BCUT2D eigenvalue weighted by Crippen LogP contribution is 2.28. The van der Waals surface area contributed by atoms with Crippen molar-refractivity contribution in [3.05, 3.63) is 64.7 Å². The summed E-state index contributed by atoms with van der Waals surface area (Å²) < 4.78 is 4.58. The standard InChI is InChI=1S/C26H35N3/c1-19-12-13-20(2)28(19)25-17-24(16-23-10-8-6-5-7-9-11-23)18-26(27-25)29-21(3)14-15-22(29)4/h12-15,17-18,23H,5-11,16H2,1-4H3. The van der Waals surface area contributed by atoms with Crippen molar-refractivity contribution < 1.29 is 0 Å². The average molecular weight is 390 g/mol. The first kappa shape index (κ1) is 20.0. The van der Waals surface area contributed by atoms with Crippen molar-refractivity contribution >= 4 is 0 Å². The summed E-state index contributed by atoms with van der Waals surface area (Å²) in [5.41, 5.74) is 6.39. The SMILES string of the molecule is Cc1ccc(C)n1-c1cc(CC2CCCCCCC2)cc(-n2c(C)ccc2C)n1. The van der Waals surface area contributed by atoms with Gasteiger partial charge in [-0.05, 0) is 82.0 Å².